The number of nitrogens with zero attached hydrogens (tertiary/aromatic N) is 2. The summed E-state index contributed by atoms with van der Waals surface area (Å²) in [4.78, 5) is 4.23. The van der Waals surface area contributed by atoms with Gasteiger partial charge in [-0.25, -0.2) is 13.1 Å². The molecule has 7 heteroatoms. The molecule has 2 N–H and O–H groups in total. The van der Waals surface area contributed by atoms with Gasteiger partial charge in [-0.1, -0.05) is 6.07 Å². The van der Waals surface area contributed by atoms with E-state index in [1.807, 2.05) is 20.2 Å². The fraction of sp³-hybridized carbons (Fsp3) is 0.308. The lowest BCUT2D eigenvalue weighted by molar-refractivity contribution is 0.581. The van der Waals surface area contributed by atoms with Gasteiger partial charge in [-0.2, -0.15) is 0 Å². The fourth-order valence-corrected chi connectivity index (χ4v) is 2.96. The Kier molecular flexibility index (Phi) is 4.53. The normalized spacial score (nSPS) is 11.7. The summed E-state index contributed by atoms with van der Waals surface area (Å²) in [5, 5.41) is 3.00. The van der Waals surface area contributed by atoms with E-state index in [4.69, 9.17) is 0 Å². The monoisotopic (exact) mass is 294 g/mol. The Morgan fingerprint density at radius 2 is 2.15 bits per heavy atom. The molecule has 108 valence electrons. The number of aryl methyl sites for hydroxylation is 1. The van der Waals surface area contributed by atoms with Gasteiger partial charge in [0.2, 0.25) is 10.0 Å². The molecule has 6 nitrogen and oxygen atoms in total. The van der Waals surface area contributed by atoms with Gasteiger partial charge in [0.25, 0.3) is 0 Å². The molecule has 2 aromatic heterocycles. The van der Waals surface area contributed by atoms with Crippen LogP contribution in [0.3, 0.4) is 0 Å². The highest BCUT2D eigenvalue weighted by Gasteiger charge is 2.17. The maximum atomic E-state index is 12.2. The van der Waals surface area contributed by atoms with Crippen LogP contribution in [0.5, 0.6) is 0 Å². The van der Waals surface area contributed by atoms with E-state index in [9.17, 15) is 8.42 Å². The van der Waals surface area contributed by atoms with E-state index < -0.39 is 10.0 Å². The number of nitrogens with one attached hydrogen (secondary N) is 2. The number of hydrogen-bond acceptors (Lipinski definition) is 4. The van der Waals surface area contributed by atoms with E-state index in [2.05, 4.69) is 15.0 Å². The molecule has 2 rings (SSSR count). The summed E-state index contributed by atoms with van der Waals surface area (Å²) in [7, 11) is 0.143. The molecule has 0 spiro atoms. The number of rotatable bonds is 6. The lowest BCUT2D eigenvalue weighted by Crippen LogP contribution is -2.22. The van der Waals surface area contributed by atoms with Crippen molar-refractivity contribution in [1.82, 2.24) is 19.6 Å². The third-order valence-electron chi connectivity index (χ3n) is 2.94. The first kappa shape index (κ1) is 14.7. The van der Waals surface area contributed by atoms with Crippen molar-refractivity contribution in [3.63, 3.8) is 0 Å². The molecule has 0 bridgehead atoms. The zero-order valence-electron chi connectivity index (χ0n) is 11.5. The maximum absolute atomic E-state index is 12.2. The van der Waals surface area contributed by atoms with E-state index in [1.54, 1.807) is 35.3 Å². The van der Waals surface area contributed by atoms with Crippen molar-refractivity contribution in [3.05, 3.63) is 48.0 Å². The molecular formula is C13H18N4O2S. The van der Waals surface area contributed by atoms with Gasteiger partial charge in [-0.15, -0.1) is 0 Å². The number of pyridine rings is 1. The largest absolute Gasteiger partial charge is 0.352 e. The minimum absolute atomic E-state index is 0.229. The van der Waals surface area contributed by atoms with Crippen LogP contribution in [0.2, 0.25) is 0 Å². The fourth-order valence-electron chi connectivity index (χ4n) is 1.85. The predicted molar refractivity (Wildman–Crippen MR) is 76.4 cm³/mol. The van der Waals surface area contributed by atoms with Crippen LogP contribution in [-0.4, -0.2) is 25.0 Å². The third kappa shape index (κ3) is 3.44. The van der Waals surface area contributed by atoms with Crippen molar-refractivity contribution in [3.8, 4) is 0 Å². The summed E-state index contributed by atoms with van der Waals surface area (Å²) in [5.74, 6) is 0. The molecule has 0 radical (unpaired) electrons. The van der Waals surface area contributed by atoms with Gasteiger partial charge in [0.15, 0.2) is 0 Å². The van der Waals surface area contributed by atoms with Gasteiger partial charge >= 0.3 is 0 Å². The van der Waals surface area contributed by atoms with Crippen molar-refractivity contribution in [1.29, 1.82) is 0 Å². The molecule has 0 aliphatic rings. The van der Waals surface area contributed by atoms with Crippen LogP contribution in [0.15, 0.2) is 41.7 Å². The van der Waals surface area contributed by atoms with Gasteiger partial charge in [-0.3, -0.25) is 4.98 Å². The maximum Gasteiger partial charge on any atom is 0.242 e. The zero-order chi connectivity index (χ0) is 14.6. The minimum atomic E-state index is -3.50. The first-order valence-corrected chi connectivity index (χ1v) is 7.69. The second-order valence-electron chi connectivity index (χ2n) is 4.49. The summed E-state index contributed by atoms with van der Waals surface area (Å²) in [6.45, 7) is 0.848. The highest BCUT2D eigenvalue weighted by Crippen LogP contribution is 2.13. The molecule has 0 saturated heterocycles. The zero-order valence-corrected chi connectivity index (χ0v) is 12.3. The van der Waals surface area contributed by atoms with Crippen LogP contribution >= 0.6 is 0 Å². The highest BCUT2D eigenvalue weighted by molar-refractivity contribution is 7.89. The SMILES string of the molecule is CNCc1cc(S(=O)(=O)NCc2cccnc2)cn1C. The summed E-state index contributed by atoms with van der Waals surface area (Å²) in [6, 6.07) is 5.27. The van der Waals surface area contributed by atoms with E-state index in [0.29, 0.717) is 6.54 Å². The Labute approximate surface area is 118 Å². The summed E-state index contributed by atoms with van der Waals surface area (Å²) >= 11 is 0. The standard InChI is InChI=1S/C13H18N4O2S/c1-14-9-12-6-13(10-17(12)2)20(18,19)16-8-11-4-3-5-15-7-11/h3-7,10,14,16H,8-9H2,1-2H3. The van der Waals surface area contributed by atoms with Gasteiger partial charge < -0.3 is 9.88 Å². The molecule has 20 heavy (non-hydrogen) atoms. The smallest absolute Gasteiger partial charge is 0.242 e. The third-order valence-corrected chi connectivity index (χ3v) is 4.31. The van der Waals surface area contributed by atoms with Gasteiger partial charge in [-0.05, 0) is 24.7 Å². The molecule has 0 fully saturated rings. The van der Waals surface area contributed by atoms with Gasteiger partial charge in [0.05, 0.1) is 4.90 Å². The molecule has 0 atom stereocenters. The van der Waals surface area contributed by atoms with E-state index in [0.717, 1.165) is 11.3 Å². The molecule has 0 aliphatic heterocycles. The lowest BCUT2D eigenvalue weighted by Gasteiger charge is -2.04. The molecule has 2 heterocycles. The Hall–Kier alpha value is -1.70. The first-order valence-electron chi connectivity index (χ1n) is 6.21. The van der Waals surface area contributed by atoms with Crippen LogP contribution in [0, 0.1) is 0 Å². The Morgan fingerprint density at radius 1 is 1.35 bits per heavy atom. The minimum Gasteiger partial charge on any atom is -0.352 e. The summed E-state index contributed by atoms with van der Waals surface area (Å²) in [5.41, 5.74) is 1.73. The van der Waals surface area contributed by atoms with Crippen LogP contribution in [0.1, 0.15) is 11.3 Å². The molecule has 0 aromatic carbocycles. The van der Waals surface area contributed by atoms with Crippen molar-refractivity contribution < 1.29 is 8.42 Å². The van der Waals surface area contributed by atoms with Crippen LogP contribution in [0.4, 0.5) is 0 Å². The van der Waals surface area contributed by atoms with Crippen LogP contribution < -0.4 is 10.0 Å². The van der Waals surface area contributed by atoms with Gasteiger partial charge in [0, 0.05) is 44.4 Å². The molecule has 0 aliphatic carbocycles. The average molecular weight is 294 g/mol. The predicted octanol–water partition coefficient (Wildman–Crippen LogP) is 0.618. The van der Waals surface area contributed by atoms with Crippen molar-refractivity contribution in [2.75, 3.05) is 7.05 Å². The molecule has 0 amide bonds. The first-order chi connectivity index (χ1) is 9.53. The summed E-state index contributed by atoms with van der Waals surface area (Å²) in [6.07, 6.45) is 4.90. The van der Waals surface area contributed by atoms with E-state index >= 15 is 0 Å². The second-order valence-corrected chi connectivity index (χ2v) is 6.26. The lowest BCUT2D eigenvalue weighted by atomic mass is 10.3. The number of aromatic nitrogens is 2. The molecule has 0 unspecified atom stereocenters. The van der Waals surface area contributed by atoms with E-state index in [-0.39, 0.29) is 11.4 Å². The summed E-state index contributed by atoms with van der Waals surface area (Å²) < 4.78 is 28.8. The molecular weight excluding hydrogens is 276 g/mol. The highest BCUT2D eigenvalue weighted by atomic mass is 32.2. The van der Waals surface area contributed by atoms with Crippen LogP contribution in [0.25, 0.3) is 0 Å². The molecule has 0 saturated carbocycles. The average Bonchev–Trinajstić information content (AvgIpc) is 2.81. The quantitative estimate of drug-likeness (QED) is 0.819. The topological polar surface area (TPSA) is 76.0 Å². The Bertz CT molecular complexity index is 665. The second kappa shape index (κ2) is 6.17. The Morgan fingerprint density at radius 3 is 2.80 bits per heavy atom. The van der Waals surface area contributed by atoms with Crippen molar-refractivity contribution in [2.24, 2.45) is 7.05 Å². The Balaban J connectivity index is 2.12. The molecule has 2 aromatic rings. The number of hydrogen-bond donors (Lipinski definition) is 2. The number of sulfonamides is 1. The van der Waals surface area contributed by atoms with E-state index in [1.165, 1.54) is 0 Å². The van der Waals surface area contributed by atoms with Gasteiger partial charge in [0.1, 0.15) is 0 Å². The van der Waals surface area contributed by atoms with Crippen molar-refractivity contribution in [2.45, 2.75) is 18.0 Å². The van der Waals surface area contributed by atoms with Crippen molar-refractivity contribution >= 4 is 10.0 Å². The van der Waals surface area contributed by atoms with Crippen LogP contribution in [-0.2, 0) is 30.2 Å².